The highest BCUT2D eigenvalue weighted by Gasteiger charge is 2.16. The summed E-state index contributed by atoms with van der Waals surface area (Å²) < 4.78 is 11.1. The van der Waals surface area contributed by atoms with Crippen molar-refractivity contribution in [3.63, 3.8) is 0 Å². The Kier molecular flexibility index (Phi) is 7.50. The number of aromatic nitrogens is 5. The van der Waals surface area contributed by atoms with Gasteiger partial charge in [0, 0.05) is 30.8 Å². The minimum atomic E-state index is -0.480. The zero-order chi connectivity index (χ0) is 26.3. The number of H-pyrrole nitrogens is 2. The number of amides is 1. The molecule has 2 aromatic carbocycles. The Morgan fingerprint density at radius 2 is 2.03 bits per heavy atom. The number of ether oxygens (including phenoxy) is 2. The fourth-order valence-electron chi connectivity index (χ4n) is 3.78. The number of nitrogens with one attached hydrogen (secondary N) is 3. The van der Waals surface area contributed by atoms with Crippen LogP contribution in [-0.2, 0) is 6.54 Å². The average molecular weight is 530 g/mol. The second-order valence-electron chi connectivity index (χ2n) is 8.07. The minimum absolute atomic E-state index is 0.0419. The highest BCUT2D eigenvalue weighted by atomic mass is 32.1. The molecule has 0 radical (unpaired) electrons. The first-order valence-electron chi connectivity index (χ1n) is 11.6. The van der Waals surface area contributed by atoms with Crippen LogP contribution < -0.4 is 20.3 Å². The van der Waals surface area contributed by atoms with E-state index in [2.05, 4.69) is 35.5 Å². The van der Waals surface area contributed by atoms with Gasteiger partial charge in [0.2, 0.25) is 5.82 Å². The van der Waals surface area contributed by atoms with Gasteiger partial charge in [0.1, 0.15) is 30.1 Å². The first-order chi connectivity index (χ1) is 18.6. The summed E-state index contributed by atoms with van der Waals surface area (Å²) in [6.07, 6.45) is 3.11. The monoisotopic (exact) mass is 529 g/mol. The molecule has 0 saturated heterocycles. The van der Waals surface area contributed by atoms with Crippen molar-refractivity contribution in [2.45, 2.75) is 6.54 Å². The van der Waals surface area contributed by atoms with Crippen LogP contribution >= 0.6 is 11.3 Å². The number of hydrogen-bond acceptors (Lipinski definition) is 9. The number of benzene rings is 2. The number of rotatable bonds is 10. The summed E-state index contributed by atoms with van der Waals surface area (Å²) in [4.78, 5) is 41.2. The Balaban J connectivity index is 1.23. The van der Waals surface area contributed by atoms with Crippen molar-refractivity contribution in [1.29, 1.82) is 0 Å². The number of carbonyl (C=O) groups is 1. The SMILES string of the molecule is CN=Cc1cccc(-c2csc3nc(C(=O)NCc4cccc(OCCOc5ncn[nH]5)c4)[nH]c(=O)c23)c1. The van der Waals surface area contributed by atoms with E-state index in [1.165, 1.54) is 17.7 Å². The smallest absolute Gasteiger partial charge is 0.312 e. The molecule has 12 heteroatoms. The largest absolute Gasteiger partial charge is 0.490 e. The molecule has 0 bridgehead atoms. The van der Waals surface area contributed by atoms with Crippen LogP contribution in [0.2, 0.25) is 0 Å². The van der Waals surface area contributed by atoms with E-state index in [-0.39, 0.29) is 17.9 Å². The van der Waals surface area contributed by atoms with E-state index in [9.17, 15) is 9.59 Å². The zero-order valence-corrected chi connectivity index (χ0v) is 21.1. The van der Waals surface area contributed by atoms with E-state index in [0.717, 1.165) is 22.3 Å². The predicted octanol–water partition coefficient (Wildman–Crippen LogP) is 3.21. The molecule has 0 unspecified atom stereocenters. The third kappa shape index (κ3) is 5.76. The van der Waals surface area contributed by atoms with E-state index in [0.29, 0.717) is 35.2 Å². The molecule has 11 nitrogen and oxygen atoms in total. The van der Waals surface area contributed by atoms with Gasteiger partial charge in [0.15, 0.2) is 0 Å². The van der Waals surface area contributed by atoms with Crippen molar-refractivity contribution in [3.05, 3.63) is 87.5 Å². The summed E-state index contributed by atoms with van der Waals surface area (Å²) in [6.45, 7) is 0.829. The molecular formula is C26H23N7O4S. The van der Waals surface area contributed by atoms with Gasteiger partial charge in [-0.15, -0.1) is 11.3 Å². The second-order valence-corrected chi connectivity index (χ2v) is 8.93. The van der Waals surface area contributed by atoms with E-state index >= 15 is 0 Å². The van der Waals surface area contributed by atoms with Crippen LogP contribution in [-0.4, -0.2) is 57.5 Å². The normalized spacial score (nSPS) is 11.2. The number of aliphatic imine (C=N–C) groups is 1. The van der Waals surface area contributed by atoms with Gasteiger partial charge in [-0.2, -0.15) is 10.1 Å². The van der Waals surface area contributed by atoms with E-state index in [1.807, 2.05) is 53.9 Å². The van der Waals surface area contributed by atoms with E-state index in [4.69, 9.17) is 9.47 Å². The lowest BCUT2D eigenvalue weighted by molar-refractivity contribution is 0.0940. The quantitative estimate of drug-likeness (QED) is 0.186. The third-order valence-electron chi connectivity index (χ3n) is 5.47. The highest BCUT2D eigenvalue weighted by Crippen LogP contribution is 2.31. The van der Waals surface area contributed by atoms with Crippen LogP contribution in [0.4, 0.5) is 0 Å². The van der Waals surface area contributed by atoms with Gasteiger partial charge in [0.25, 0.3) is 11.5 Å². The maximum absolute atomic E-state index is 13.0. The van der Waals surface area contributed by atoms with Gasteiger partial charge in [-0.1, -0.05) is 30.3 Å². The number of fused-ring (bicyclic) bond motifs is 1. The summed E-state index contributed by atoms with van der Waals surface area (Å²) >= 11 is 1.32. The Hall–Kier alpha value is -4.84. The van der Waals surface area contributed by atoms with Gasteiger partial charge in [0.05, 0.1) is 5.39 Å². The van der Waals surface area contributed by atoms with E-state index in [1.54, 1.807) is 13.3 Å². The molecule has 1 amide bonds. The lowest BCUT2D eigenvalue weighted by Gasteiger charge is -2.09. The lowest BCUT2D eigenvalue weighted by atomic mass is 10.0. The summed E-state index contributed by atoms with van der Waals surface area (Å²) in [6, 6.07) is 15.4. The first-order valence-corrected chi connectivity index (χ1v) is 12.5. The maximum Gasteiger partial charge on any atom is 0.312 e. The van der Waals surface area contributed by atoms with Crippen LogP contribution in [0.1, 0.15) is 21.7 Å². The van der Waals surface area contributed by atoms with Crippen LogP contribution in [0, 0.1) is 0 Å². The standard InChI is InChI=1S/C26H23N7O4S/c1-27-12-16-4-2-6-18(10-16)20-14-38-25-21(20)23(34)31-22(32-25)24(35)28-13-17-5-3-7-19(11-17)36-8-9-37-26-29-15-30-33-26/h2-7,10-12,14-15H,8-9,13H2,1H3,(H,28,35)(H,29,30,33)(H,31,32,34). The molecule has 192 valence electrons. The number of aromatic amines is 2. The molecule has 3 N–H and O–H groups in total. The minimum Gasteiger partial charge on any atom is -0.490 e. The van der Waals surface area contributed by atoms with Gasteiger partial charge in [-0.25, -0.2) is 10.1 Å². The summed E-state index contributed by atoms with van der Waals surface area (Å²) in [7, 11) is 1.71. The first kappa shape index (κ1) is 24.8. The topological polar surface area (TPSA) is 147 Å². The van der Waals surface area contributed by atoms with Gasteiger partial charge < -0.3 is 19.8 Å². The van der Waals surface area contributed by atoms with Crippen molar-refractivity contribution in [2.24, 2.45) is 4.99 Å². The number of hydrogen-bond donors (Lipinski definition) is 3. The fraction of sp³-hybridized carbons (Fsp3) is 0.154. The number of thiophene rings is 1. The molecule has 0 aliphatic rings. The molecule has 38 heavy (non-hydrogen) atoms. The van der Waals surface area contributed by atoms with Crippen molar-refractivity contribution in [2.75, 3.05) is 20.3 Å². The van der Waals surface area contributed by atoms with Crippen molar-refractivity contribution in [3.8, 4) is 22.9 Å². The van der Waals surface area contributed by atoms with Crippen LogP contribution in [0.5, 0.6) is 11.8 Å². The molecule has 3 heterocycles. The molecular weight excluding hydrogens is 506 g/mol. The van der Waals surface area contributed by atoms with Crippen LogP contribution in [0.15, 0.2) is 70.0 Å². The third-order valence-corrected chi connectivity index (χ3v) is 6.34. The molecule has 0 saturated carbocycles. The average Bonchev–Trinajstić information content (AvgIpc) is 3.61. The van der Waals surface area contributed by atoms with Crippen molar-refractivity contribution >= 4 is 33.7 Å². The summed E-state index contributed by atoms with van der Waals surface area (Å²) in [5.41, 5.74) is 3.03. The van der Waals surface area contributed by atoms with E-state index < -0.39 is 5.91 Å². The summed E-state index contributed by atoms with van der Waals surface area (Å²) in [5, 5.41) is 11.4. The molecule has 0 atom stereocenters. The molecule has 3 aromatic heterocycles. The Morgan fingerprint density at radius 1 is 1.16 bits per heavy atom. The molecule has 0 fully saturated rings. The van der Waals surface area contributed by atoms with Gasteiger partial charge >= 0.3 is 6.01 Å². The zero-order valence-electron chi connectivity index (χ0n) is 20.3. The molecule has 0 aliphatic heterocycles. The number of carbonyl (C=O) groups excluding carboxylic acids is 1. The summed E-state index contributed by atoms with van der Waals surface area (Å²) in [5.74, 6) is 0.109. The Morgan fingerprint density at radius 3 is 2.87 bits per heavy atom. The van der Waals surface area contributed by atoms with Crippen LogP contribution in [0.3, 0.4) is 0 Å². The number of nitrogens with zero attached hydrogens (tertiary/aromatic N) is 4. The highest BCUT2D eigenvalue weighted by molar-refractivity contribution is 7.17. The lowest BCUT2D eigenvalue weighted by Crippen LogP contribution is -2.27. The van der Waals surface area contributed by atoms with Crippen molar-refractivity contribution in [1.82, 2.24) is 30.5 Å². The second kappa shape index (κ2) is 11.5. The Labute approximate surface area is 220 Å². The fourth-order valence-corrected chi connectivity index (χ4v) is 4.73. The molecule has 5 rings (SSSR count). The van der Waals surface area contributed by atoms with Gasteiger partial charge in [-0.3, -0.25) is 14.6 Å². The van der Waals surface area contributed by atoms with Crippen LogP contribution in [0.25, 0.3) is 21.3 Å². The molecule has 0 aliphatic carbocycles. The molecule has 5 aromatic rings. The van der Waals surface area contributed by atoms with Gasteiger partial charge in [-0.05, 0) is 34.9 Å². The molecule has 0 spiro atoms. The maximum atomic E-state index is 13.0. The van der Waals surface area contributed by atoms with Crippen molar-refractivity contribution < 1.29 is 14.3 Å². The Bertz CT molecular complexity index is 1640. The predicted molar refractivity (Wildman–Crippen MR) is 144 cm³/mol.